The summed E-state index contributed by atoms with van der Waals surface area (Å²) >= 11 is 0. The van der Waals surface area contributed by atoms with Gasteiger partial charge in [-0.3, -0.25) is 0 Å². The third-order valence-corrected chi connectivity index (χ3v) is 1.40. The van der Waals surface area contributed by atoms with Crippen LogP contribution in [0, 0.1) is 9.81 Å². The summed E-state index contributed by atoms with van der Waals surface area (Å²) in [5, 5.41) is 5.29. The smallest absolute Gasteiger partial charge is 0.148 e. The molecule has 0 atom stereocenters. The average Bonchev–Trinajstić information content (AvgIpc) is 2.00. The molecule has 0 aromatic heterocycles. The quantitative estimate of drug-likeness (QED) is 0.556. The lowest BCUT2D eigenvalue weighted by Gasteiger charge is -2.09. The van der Waals surface area contributed by atoms with E-state index in [0.717, 1.165) is 12.8 Å². The highest BCUT2D eigenvalue weighted by Gasteiger charge is 2.24. The molecule has 0 aromatic rings. The molecule has 0 saturated carbocycles. The molecule has 0 aliphatic rings. The van der Waals surface area contributed by atoms with E-state index in [-0.39, 0.29) is 0 Å². The van der Waals surface area contributed by atoms with Crippen LogP contribution in [0.2, 0.25) is 0 Å². The van der Waals surface area contributed by atoms with Crippen molar-refractivity contribution in [2.24, 2.45) is 10.4 Å². The summed E-state index contributed by atoms with van der Waals surface area (Å²) in [6.45, 7) is 3.43. The van der Waals surface area contributed by atoms with Gasteiger partial charge in [-0.25, -0.2) is 0 Å². The minimum atomic E-state index is -1.23. The third kappa shape index (κ3) is 2.66. The largest absolute Gasteiger partial charge is 0.229 e. The van der Waals surface area contributed by atoms with E-state index in [1.807, 2.05) is 6.92 Å². The molecule has 0 spiro atoms. The second kappa shape index (κ2) is 4.09. The molecule has 0 unspecified atom stereocenters. The van der Waals surface area contributed by atoms with Crippen molar-refractivity contribution in [2.75, 3.05) is 0 Å². The maximum absolute atomic E-state index is 10.0. The summed E-state index contributed by atoms with van der Waals surface area (Å²) in [6.07, 6.45) is 2.21. The zero-order valence-corrected chi connectivity index (χ0v) is 6.33. The standard InChI is InChI=1S/C6H12N2O2/c1-3-4-5-6(2,7-9)8-10/h3-5H2,1-2H3. The van der Waals surface area contributed by atoms with Gasteiger partial charge in [-0.15, -0.1) is 9.81 Å². The van der Waals surface area contributed by atoms with Crippen molar-refractivity contribution < 1.29 is 0 Å². The van der Waals surface area contributed by atoms with Crippen molar-refractivity contribution >= 4 is 0 Å². The van der Waals surface area contributed by atoms with Gasteiger partial charge in [-0.05, 0) is 30.1 Å². The Morgan fingerprint density at radius 1 is 1.30 bits per heavy atom. The van der Waals surface area contributed by atoms with E-state index in [1.165, 1.54) is 6.92 Å². The molecule has 0 rings (SSSR count). The normalized spacial score (nSPS) is 11.0. The number of unbranched alkanes of at least 4 members (excludes halogenated alkanes) is 1. The van der Waals surface area contributed by atoms with Crippen LogP contribution in [0.5, 0.6) is 0 Å². The van der Waals surface area contributed by atoms with Crippen LogP contribution in [0.25, 0.3) is 0 Å². The van der Waals surface area contributed by atoms with E-state index in [4.69, 9.17) is 0 Å². The van der Waals surface area contributed by atoms with Gasteiger partial charge >= 0.3 is 0 Å². The van der Waals surface area contributed by atoms with Gasteiger partial charge in [0.15, 0.2) is 0 Å². The van der Waals surface area contributed by atoms with Crippen molar-refractivity contribution in [2.45, 2.75) is 38.8 Å². The molecule has 10 heavy (non-hydrogen) atoms. The molecule has 0 heterocycles. The first-order valence-corrected chi connectivity index (χ1v) is 3.37. The lowest BCUT2D eigenvalue weighted by atomic mass is 10.1. The Kier molecular flexibility index (Phi) is 3.76. The van der Waals surface area contributed by atoms with Gasteiger partial charge in [0, 0.05) is 0 Å². The molecule has 0 amide bonds. The zero-order chi connectivity index (χ0) is 8.04. The molecule has 0 aliphatic carbocycles. The average molecular weight is 144 g/mol. The monoisotopic (exact) mass is 144 g/mol. The van der Waals surface area contributed by atoms with E-state index in [9.17, 15) is 9.81 Å². The fourth-order valence-corrected chi connectivity index (χ4v) is 0.620. The van der Waals surface area contributed by atoms with E-state index in [2.05, 4.69) is 10.4 Å². The third-order valence-electron chi connectivity index (χ3n) is 1.40. The molecule has 0 aromatic carbocycles. The maximum Gasteiger partial charge on any atom is 0.229 e. The Balaban J connectivity index is 3.80. The fraction of sp³-hybridized carbons (Fsp3) is 1.00. The topological polar surface area (TPSA) is 58.9 Å². The lowest BCUT2D eigenvalue weighted by molar-refractivity contribution is 0.431. The van der Waals surface area contributed by atoms with Gasteiger partial charge in [0.2, 0.25) is 5.66 Å². The van der Waals surface area contributed by atoms with Crippen LogP contribution in [0.1, 0.15) is 33.1 Å². The zero-order valence-electron chi connectivity index (χ0n) is 6.33. The highest BCUT2D eigenvalue weighted by Crippen LogP contribution is 2.18. The fourth-order valence-electron chi connectivity index (χ4n) is 0.620. The second-order valence-corrected chi connectivity index (χ2v) is 2.50. The molecule has 0 bridgehead atoms. The highest BCUT2D eigenvalue weighted by molar-refractivity contribution is 4.78. The summed E-state index contributed by atoms with van der Waals surface area (Å²) in [5.74, 6) is 0. The molecular weight excluding hydrogens is 132 g/mol. The van der Waals surface area contributed by atoms with Crippen molar-refractivity contribution in [1.29, 1.82) is 0 Å². The van der Waals surface area contributed by atoms with Crippen LogP contribution < -0.4 is 0 Å². The van der Waals surface area contributed by atoms with Gasteiger partial charge in [0.05, 0.1) is 0 Å². The molecule has 0 fully saturated rings. The molecule has 0 aliphatic heterocycles. The SMILES string of the molecule is CCCCC(C)(N=O)N=O. The predicted octanol–water partition coefficient (Wildman–Crippen LogP) is 2.43. The van der Waals surface area contributed by atoms with Gasteiger partial charge in [0.1, 0.15) is 0 Å². The number of hydrogen-bond donors (Lipinski definition) is 0. The molecular formula is C6H12N2O2. The Morgan fingerprint density at radius 2 is 1.80 bits per heavy atom. The van der Waals surface area contributed by atoms with Gasteiger partial charge in [0.25, 0.3) is 0 Å². The molecule has 0 saturated heterocycles. The Labute approximate surface area is 60.0 Å². The number of nitrogens with zero attached hydrogens (tertiary/aromatic N) is 2. The summed E-state index contributed by atoms with van der Waals surface area (Å²) in [4.78, 5) is 20.0. The van der Waals surface area contributed by atoms with Crippen molar-refractivity contribution in [3.63, 3.8) is 0 Å². The van der Waals surface area contributed by atoms with Crippen LogP contribution >= 0.6 is 0 Å². The van der Waals surface area contributed by atoms with Crippen LogP contribution in [0.15, 0.2) is 10.4 Å². The van der Waals surface area contributed by atoms with E-state index in [0.29, 0.717) is 6.42 Å². The van der Waals surface area contributed by atoms with Gasteiger partial charge in [-0.2, -0.15) is 0 Å². The molecule has 0 N–H and O–H groups in total. The first-order valence-electron chi connectivity index (χ1n) is 3.37. The summed E-state index contributed by atoms with van der Waals surface area (Å²) in [5.41, 5.74) is -1.23. The minimum Gasteiger partial charge on any atom is -0.148 e. The van der Waals surface area contributed by atoms with Crippen molar-refractivity contribution in [1.82, 2.24) is 0 Å². The van der Waals surface area contributed by atoms with Crippen LogP contribution in [0.4, 0.5) is 0 Å². The molecule has 4 heteroatoms. The summed E-state index contributed by atoms with van der Waals surface area (Å²) < 4.78 is 0. The number of hydrogen-bond acceptors (Lipinski definition) is 4. The van der Waals surface area contributed by atoms with Gasteiger partial charge in [-0.1, -0.05) is 13.3 Å². The molecule has 4 nitrogen and oxygen atoms in total. The van der Waals surface area contributed by atoms with Crippen molar-refractivity contribution in [3.05, 3.63) is 9.81 Å². The Morgan fingerprint density at radius 3 is 2.10 bits per heavy atom. The summed E-state index contributed by atoms with van der Waals surface area (Å²) in [6, 6.07) is 0. The predicted molar refractivity (Wildman–Crippen MR) is 39.5 cm³/mol. The first kappa shape index (κ1) is 9.20. The van der Waals surface area contributed by atoms with E-state index >= 15 is 0 Å². The van der Waals surface area contributed by atoms with Gasteiger partial charge < -0.3 is 0 Å². The van der Waals surface area contributed by atoms with Crippen LogP contribution in [-0.4, -0.2) is 5.66 Å². The molecule has 0 radical (unpaired) electrons. The minimum absolute atomic E-state index is 0.455. The maximum atomic E-state index is 10.0. The van der Waals surface area contributed by atoms with E-state index < -0.39 is 5.66 Å². The Bertz CT molecular complexity index is 117. The van der Waals surface area contributed by atoms with Crippen LogP contribution in [-0.2, 0) is 0 Å². The molecule has 58 valence electrons. The van der Waals surface area contributed by atoms with Crippen molar-refractivity contribution in [3.8, 4) is 0 Å². The lowest BCUT2D eigenvalue weighted by Crippen LogP contribution is -2.16. The van der Waals surface area contributed by atoms with Crippen LogP contribution in [0.3, 0.4) is 0 Å². The first-order chi connectivity index (χ1) is 4.68. The highest BCUT2D eigenvalue weighted by atomic mass is 16.3. The van der Waals surface area contributed by atoms with E-state index in [1.54, 1.807) is 0 Å². The Hall–Kier alpha value is -0.800. The number of nitroso groups, excluding NO2 is 2. The summed E-state index contributed by atoms with van der Waals surface area (Å²) in [7, 11) is 0. The number of rotatable bonds is 5. The second-order valence-electron chi connectivity index (χ2n) is 2.50.